The van der Waals surface area contributed by atoms with Crippen molar-refractivity contribution in [3.8, 4) is 0 Å². The van der Waals surface area contributed by atoms with Crippen molar-refractivity contribution in [3.05, 3.63) is 81.7 Å². The summed E-state index contributed by atoms with van der Waals surface area (Å²) in [6, 6.07) is 14.2. The number of methoxy groups -OCH3 is 1. The van der Waals surface area contributed by atoms with E-state index in [4.69, 9.17) is 9.15 Å². The fraction of sp³-hybridized carbons (Fsp3) is 0.105. The van der Waals surface area contributed by atoms with E-state index in [0.717, 1.165) is 6.07 Å². The molecule has 126 valence electrons. The lowest BCUT2D eigenvalue weighted by molar-refractivity contribution is 0.0435. The zero-order chi connectivity index (χ0) is 17.8. The van der Waals surface area contributed by atoms with Gasteiger partial charge in [-0.05, 0) is 29.8 Å². The number of ether oxygens (including phenoxy) is 2. The van der Waals surface area contributed by atoms with Gasteiger partial charge in [0, 0.05) is 6.07 Å². The van der Waals surface area contributed by atoms with Crippen molar-refractivity contribution in [1.29, 1.82) is 0 Å². The number of hydrogen-bond acceptors (Lipinski definition) is 6. The van der Waals surface area contributed by atoms with E-state index in [0.29, 0.717) is 22.1 Å². The van der Waals surface area contributed by atoms with Crippen LogP contribution in [0.3, 0.4) is 0 Å². The van der Waals surface area contributed by atoms with E-state index in [1.54, 1.807) is 48.5 Å². The number of hydrogen-bond donors (Lipinski definition) is 0. The summed E-state index contributed by atoms with van der Waals surface area (Å²) in [5.74, 6) is -1.34. The van der Waals surface area contributed by atoms with Gasteiger partial charge in [-0.3, -0.25) is 4.79 Å². The highest BCUT2D eigenvalue weighted by atomic mass is 16.5. The molecule has 0 saturated heterocycles. The van der Waals surface area contributed by atoms with Crippen LogP contribution in [0.5, 0.6) is 0 Å². The van der Waals surface area contributed by atoms with Crippen LogP contribution >= 0.6 is 0 Å². The second kappa shape index (κ2) is 7.00. The maximum absolute atomic E-state index is 12.1. The predicted octanol–water partition coefficient (Wildman–Crippen LogP) is 2.94. The summed E-state index contributed by atoms with van der Waals surface area (Å²) in [6.07, 6.45) is 0. The Bertz CT molecular complexity index is 985. The van der Waals surface area contributed by atoms with E-state index in [2.05, 4.69) is 4.74 Å². The molecule has 0 fully saturated rings. The molecule has 0 aliphatic heterocycles. The molecule has 0 saturated carbocycles. The summed E-state index contributed by atoms with van der Waals surface area (Å²) in [4.78, 5) is 35.5. The average Bonchev–Trinajstić information content (AvgIpc) is 2.65. The summed E-state index contributed by atoms with van der Waals surface area (Å²) in [5, 5.41) is 0.400. The fourth-order valence-electron chi connectivity index (χ4n) is 2.28. The van der Waals surface area contributed by atoms with Crippen LogP contribution in [-0.4, -0.2) is 19.0 Å². The smallest absolute Gasteiger partial charge is 0.374 e. The van der Waals surface area contributed by atoms with Crippen LogP contribution in [0.25, 0.3) is 11.0 Å². The first-order chi connectivity index (χ1) is 12.1. The van der Waals surface area contributed by atoms with E-state index in [9.17, 15) is 14.4 Å². The Morgan fingerprint density at radius 2 is 1.72 bits per heavy atom. The predicted molar refractivity (Wildman–Crippen MR) is 89.4 cm³/mol. The van der Waals surface area contributed by atoms with Gasteiger partial charge in [-0.2, -0.15) is 0 Å². The quantitative estimate of drug-likeness (QED) is 0.680. The Kier molecular flexibility index (Phi) is 4.61. The summed E-state index contributed by atoms with van der Waals surface area (Å²) in [7, 11) is 1.30. The number of carbonyl (C=O) groups is 2. The Labute approximate surface area is 142 Å². The zero-order valence-corrected chi connectivity index (χ0v) is 13.4. The van der Waals surface area contributed by atoms with Crippen LogP contribution in [0.15, 0.2) is 63.8 Å². The van der Waals surface area contributed by atoms with Crippen molar-refractivity contribution >= 4 is 22.9 Å². The van der Waals surface area contributed by atoms with Crippen molar-refractivity contribution in [3.63, 3.8) is 0 Å². The number of esters is 2. The zero-order valence-electron chi connectivity index (χ0n) is 13.4. The molecule has 25 heavy (non-hydrogen) atoms. The van der Waals surface area contributed by atoms with Crippen LogP contribution in [0.4, 0.5) is 0 Å². The molecule has 6 nitrogen and oxygen atoms in total. The van der Waals surface area contributed by atoms with Gasteiger partial charge >= 0.3 is 11.9 Å². The lowest BCUT2D eigenvalue weighted by atomic mass is 10.1. The highest BCUT2D eigenvalue weighted by molar-refractivity contribution is 5.89. The molecule has 1 heterocycles. The topological polar surface area (TPSA) is 82.8 Å². The minimum Gasteiger partial charge on any atom is -0.465 e. The standard InChI is InChI=1S/C19H14O6/c1-23-18(21)13-8-6-12(7-9-13)11-24-19(22)17-10-15(20)14-4-2-3-5-16(14)25-17/h2-10H,11H2,1H3. The molecule has 0 amide bonds. The van der Waals surface area contributed by atoms with Gasteiger partial charge in [0.1, 0.15) is 12.2 Å². The second-order valence-electron chi connectivity index (χ2n) is 5.24. The lowest BCUT2D eigenvalue weighted by Gasteiger charge is -2.06. The minimum absolute atomic E-state index is 0.0170. The van der Waals surface area contributed by atoms with E-state index in [1.807, 2.05) is 0 Å². The van der Waals surface area contributed by atoms with Crippen LogP contribution in [0.2, 0.25) is 0 Å². The summed E-state index contributed by atoms with van der Waals surface area (Å²) in [5.41, 5.74) is 1.10. The number of fused-ring (bicyclic) bond motifs is 1. The number of para-hydroxylation sites is 1. The average molecular weight is 338 g/mol. The molecule has 0 bridgehead atoms. The molecule has 0 aliphatic rings. The number of benzene rings is 2. The molecule has 0 radical (unpaired) electrons. The minimum atomic E-state index is -0.736. The van der Waals surface area contributed by atoms with Gasteiger partial charge in [0.05, 0.1) is 18.1 Å². The Morgan fingerprint density at radius 1 is 1.00 bits per heavy atom. The molecule has 6 heteroatoms. The monoisotopic (exact) mass is 338 g/mol. The lowest BCUT2D eigenvalue weighted by Crippen LogP contribution is -2.10. The van der Waals surface area contributed by atoms with Gasteiger partial charge in [0.2, 0.25) is 5.76 Å². The van der Waals surface area contributed by atoms with Crippen molar-refractivity contribution in [2.45, 2.75) is 6.61 Å². The largest absolute Gasteiger partial charge is 0.465 e. The van der Waals surface area contributed by atoms with Gasteiger partial charge in [0.25, 0.3) is 0 Å². The van der Waals surface area contributed by atoms with Gasteiger partial charge in [-0.25, -0.2) is 9.59 Å². The highest BCUT2D eigenvalue weighted by Crippen LogP contribution is 2.13. The maximum Gasteiger partial charge on any atom is 0.374 e. The molecule has 0 spiro atoms. The third-order valence-electron chi connectivity index (χ3n) is 3.58. The van der Waals surface area contributed by atoms with E-state index in [1.165, 1.54) is 7.11 Å². The van der Waals surface area contributed by atoms with Crippen LogP contribution in [0.1, 0.15) is 26.5 Å². The second-order valence-corrected chi connectivity index (χ2v) is 5.24. The van der Waals surface area contributed by atoms with Gasteiger partial charge in [0.15, 0.2) is 5.43 Å². The molecular formula is C19H14O6. The van der Waals surface area contributed by atoms with Crippen LogP contribution in [0, 0.1) is 0 Å². The molecule has 2 aromatic carbocycles. The van der Waals surface area contributed by atoms with Crippen LogP contribution in [-0.2, 0) is 16.1 Å². The first-order valence-electron chi connectivity index (χ1n) is 7.46. The van der Waals surface area contributed by atoms with Crippen molar-refractivity contribution in [1.82, 2.24) is 0 Å². The Hall–Kier alpha value is -3.41. The van der Waals surface area contributed by atoms with Gasteiger partial charge < -0.3 is 13.9 Å². The third-order valence-corrected chi connectivity index (χ3v) is 3.58. The van der Waals surface area contributed by atoms with Crippen LogP contribution < -0.4 is 5.43 Å². The molecule has 0 unspecified atom stereocenters. The molecule has 0 N–H and O–H groups in total. The van der Waals surface area contributed by atoms with E-state index in [-0.39, 0.29) is 17.8 Å². The maximum atomic E-state index is 12.1. The summed E-state index contributed by atoms with van der Waals surface area (Å²) >= 11 is 0. The molecular weight excluding hydrogens is 324 g/mol. The van der Waals surface area contributed by atoms with E-state index >= 15 is 0 Å². The first kappa shape index (κ1) is 16.4. The third kappa shape index (κ3) is 3.58. The van der Waals surface area contributed by atoms with Crippen molar-refractivity contribution in [2.24, 2.45) is 0 Å². The highest BCUT2D eigenvalue weighted by Gasteiger charge is 2.14. The summed E-state index contributed by atoms with van der Waals surface area (Å²) in [6.45, 7) is -0.0170. The van der Waals surface area contributed by atoms with Crippen molar-refractivity contribution < 1.29 is 23.5 Å². The Balaban J connectivity index is 1.72. The number of carbonyl (C=O) groups excluding carboxylic acids is 2. The van der Waals surface area contributed by atoms with Gasteiger partial charge in [-0.15, -0.1) is 0 Å². The summed E-state index contributed by atoms with van der Waals surface area (Å²) < 4.78 is 15.2. The Morgan fingerprint density at radius 3 is 2.44 bits per heavy atom. The normalized spacial score (nSPS) is 10.4. The molecule has 3 aromatic rings. The SMILES string of the molecule is COC(=O)c1ccc(COC(=O)c2cc(=O)c3ccccc3o2)cc1. The van der Waals surface area contributed by atoms with Gasteiger partial charge in [-0.1, -0.05) is 24.3 Å². The fourth-order valence-corrected chi connectivity index (χ4v) is 2.28. The molecule has 3 rings (SSSR count). The molecule has 0 atom stereocenters. The molecule has 0 aliphatic carbocycles. The molecule has 1 aromatic heterocycles. The van der Waals surface area contributed by atoms with E-state index < -0.39 is 11.9 Å². The first-order valence-corrected chi connectivity index (χ1v) is 7.46. The number of rotatable bonds is 4. The van der Waals surface area contributed by atoms with Crippen molar-refractivity contribution in [2.75, 3.05) is 7.11 Å².